The van der Waals surface area contributed by atoms with Gasteiger partial charge in [-0.15, -0.1) is 0 Å². The molecule has 1 saturated heterocycles. The van der Waals surface area contributed by atoms with Crippen molar-refractivity contribution in [3.63, 3.8) is 0 Å². The second-order valence-corrected chi connectivity index (χ2v) is 5.31. The smallest absolute Gasteiger partial charge is 0.254 e. The molecule has 2 nitrogen and oxygen atoms in total. The molecule has 1 heterocycles. The van der Waals surface area contributed by atoms with Gasteiger partial charge in [0, 0.05) is 17.6 Å². The molecule has 0 aliphatic carbocycles. The highest BCUT2D eigenvalue weighted by Gasteiger charge is 2.29. The molecule has 0 N–H and O–H groups in total. The van der Waals surface area contributed by atoms with Crippen LogP contribution in [-0.2, 0) is 0 Å². The first kappa shape index (κ1) is 13.1. The standard InChI is InChI=1S/C15H20FNO/c1-10-9-13(7-8-14(10)16)15(18)17-11(2)5-4-6-12(17)3/h7-9,11-12H,4-6H2,1-3H3. The molecule has 0 spiro atoms. The summed E-state index contributed by atoms with van der Waals surface area (Å²) < 4.78 is 13.2. The van der Waals surface area contributed by atoms with Gasteiger partial charge in [-0.3, -0.25) is 4.79 Å². The molecule has 18 heavy (non-hydrogen) atoms. The van der Waals surface area contributed by atoms with E-state index in [-0.39, 0.29) is 23.8 Å². The minimum atomic E-state index is -0.258. The molecule has 2 unspecified atom stereocenters. The van der Waals surface area contributed by atoms with Crippen molar-refractivity contribution in [2.45, 2.75) is 52.1 Å². The van der Waals surface area contributed by atoms with Crippen molar-refractivity contribution >= 4 is 5.91 Å². The summed E-state index contributed by atoms with van der Waals surface area (Å²) in [6, 6.07) is 5.14. The second-order valence-electron chi connectivity index (χ2n) is 5.31. The number of hydrogen-bond donors (Lipinski definition) is 0. The zero-order valence-corrected chi connectivity index (χ0v) is 11.2. The highest BCUT2D eigenvalue weighted by atomic mass is 19.1. The number of benzene rings is 1. The number of rotatable bonds is 1. The maximum absolute atomic E-state index is 13.2. The van der Waals surface area contributed by atoms with E-state index < -0.39 is 0 Å². The molecule has 0 radical (unpaired) electrons. The molecule has 0 saturated carbocycles. The minimum absolute atomic E-state index is 0.0257. The van der Waals surface area contributed by atoms with Gasteiger partial charge in [0.25, 0.3) is 5.91 Å². The van der Waals surface area contributed by atoms with E-state index in [9.17, 15) is 9.18 Å². The van der Waals surface area contributed by atoms with Crippen LogP contribution in [0.5, 0.6) is 0 Å². The predicted molar refractivity (Wildman–Crippen MR) is 70.1 cm³/mol. The van der Waals surface area contributed by atoms with Crippen molar-refractivity contribution in [1.29, 1.82) is 0 Å². The van der Waals surface area contributed by atoms with E-state index in [2.05, 4.69) is 13.8 Å². The molecule has 3 heteroatoms. The van der Waals surface area contributed by atoms with Gasteiger partial charge in [-0.2, -0.15) is 0 Å². The largest absolute Gasteiger partial charge is 0.333 e. The third-order valence-corrected chi connectivity index (χ3v) is 3.83. The lowest BCUT2D eigenvalue weighted by Gasteiger charge is -2.39. The fourth-order valence-electron chi connectivity index (χ4n) is 2.75. The zero-order valence-electron chi connectivity index (χ0n) is 11.2. The van der Waals surface area contributed by atoms with Crippen molar-refractivity contribution in [3.05, 3.63) is 35.1 Å². The van der Waals surface area contributed by atoms with Gasteiger partial charge in [0.15, 0.2) is 0 Å². The lowest BCUT2D eigenvalue weighted by molar-refractivity contribution is 0.0510. The van der Waals surface area contributed by atoms with Gasteiger partial charge in [0.05, 0.1) is 0 Å². The van der Waals surface area contributed by atoms with Crippen LogP contribution >= 0.6 is 0 Å². The van der Waals surface area contributed by atoms with E-state index in [4.69, 9.17) is 0 Å². The maximum Gasteiger partial charge on any atom is 0.254 e. The average Bonchev–Trinajstić information content (AvgIpc) is 2.32. The van der Waals surface area contributed by atoms with Gasteiger partial charge in [-0.05, 0) is 63.8 Å². The number of piperidine rings is 1. The number of halogens is 1. The summed E-state index contributed by atoms with van der Waals surface area (Å²) in [4.78, 5) is 14.4. The molecule has 0 aromatic heterocycles. The van der Waals surface area contributed by atoms with Gasteiger partial charge in [0.2, 0.25) is 0 Å². The molecule has 1 amide bonds. The zero-order chi connectivity index (χ0) is 13.3. The fraction of sp³-hybridized carbons (Fsp3) is 0.533. The van der Waals surface area contributed by atoms with E-state index in [0.29, 0.717) is 11.1 Å². The Morgan fingerprint density at radius 3 is 2.44 bits per heavy atom. The highest BCUT2D eigenvalue weighted by molar-refractivity contribution is 5.94. The Hall–Kier alpha value is -1.38. The molecule has 2 rings (SSSR count). The normalized spacial score (nSPS) is 24.1. The van der Waals surface area contributed by atoms with Gasteiger partial charge < -0.3 is 4.90 Å². The number of carbonyl (C=O) groups excluding carboxylic acids is 1. The average molecular weight is 249 g/mol. The summed E-state index contributed by atoms with van der Waals surface area (Å²) in [5.74, 6) is -0.232. The van der Waals surface area contributed by atoms with Gasteiger partial charge >= 0.3 is 0 Å². The van der Waals surface area contributed by atoms with Crippen LogP contribution in [-0.4, -0.2) is 22.9 Å². The van der Waals surface area contributed by atoms with Gasteiger partial charge in [-0.1, -0.05) is 0 Å². The number of aryl methyl sites for hydroxylation is 1. The number of hydrogen-bond acceptors (Lipinski definition) is 1. The molecule has 1 aliphatic heterocycles. The first-order valence-electron chi connectivity index (χ1n) is 6.59. The van der Waals surface area contributed by atoms with Gasteiger partial charge in [-0.25, -0.2) is 4.39 Å². The van der Waals surface area contributed by atoms with Crippen LogP contribution in [0.25, 0.3) is 0 Å². The van der Waals surface area contributed by atoms with E-state index in [0.717, 1.165) is 12.8 Å². The van der Waals surface area contributed by atoms with Crippen LogP contribution < -0.4 is 0 Å². The molecule has 1 fully saturated rings. The maximum atomic E-state index is 13.2. The Balaban J connectivity index is 2.26. The van der Waals surface area contributed by atoms with E-state index >= 15 is 0 Å². The van der Waals surface area contributed by atoms with Crippen LogP contribution in [0, 0.1) is 12.7 Å². The predicted octanol–water partition coefficient (Wildman–Crippen LogP) is 3.54. The molecule has 2 atom stereocenters. The highest BCUT2D eigenvalue weighted by Crippen LogP contribution is 2.25. The number of likely N-dealkylation sites (tertiary alicyclic amines) is 1. The number of amides is 1. The Morgan fingerprint density at radius 1 is 1.28 bits per heavy atom. The van der Waals surface area contributed by atoms with Crippen LogP contribution in [0.3, 0.4) is 0 Å². The second kappa shape index (κ2) is 5.09. The first-order chi connectivity index (χ1) is 8.50. The summed E-state index contributed by atoms with van der Waals surface area (Å²) in [7, 11) is 0. The first-order valence-corrected chi connectivity index (χ1v) is 6.59. The third-order valence-electron chi connectivity index (χ3n) is 3.83. The van der Waals surface area contributed by atoms with Crippen molar-refractivity contribution < 1.29 is 9.18 Å². The Bertz CT molecular complexity index is 448. The van der Waals surface area contributed by atoms with Crippen molar-refractivity contribution in [2.24, 2.45) is 0 Å². The summed E-state index contributed by atoms with van der Waals surface area (Å²) >= 11 is 0. The Morgan fingerprint density at radius 2 is 1.89 bits per heavy atom. The quantitative estimate of drug-likeness (QED) is 0.745. The topological polar surface area (TPSA) is 20.3 Å². The molecule has 1 aliphatic rings. The van der Waals surface area contributed by atoms with Crippen molar-refractivity contribution in [3.8, 4) is 0 Å². The number of nitrogens with zero attached hydrogens (tertiary/aromatic N) is 1. The van der Waals surface area contributed by atoms with Gasteiger partial charge in [0.1, 0.15) is 5.82 Å². The molecular weight excluding hydrogens is 229 g/mol. The van der Waals surface area contributed by atoms with E-state index in [1.165, 1.54) is 12.5 Å². The third kappa shape index (κ3) is 2.40. The molecule has 1 aromatic rings. The van der Waals surface area contributed by atoms with Crippen molar-refractivity contribution in [1.82, 2.24) is 4.90 Å². The van der Waals surface area contributed by atoms with E-state index in [1.807, 2.05) is 4.90 Å². The lowest BCUT2D eigenvalue weighted by atomic mass is 9.96. The molecule has 98 valence electrons. The Kier molecular flexibility index (Phi) is 3.69. The molecular formula is C15H20FNO. The monoisotopic (exact) mass is 249 g/mol. The van der Waals surface area contributed by atoms with Crippen molar-refractivity contribution in [2.75, 3.05) is 0 Å². The van der Waals surface area contributed by atoms with Crippen LogP contribution in [0.4, 0.5) is 4.39 Å². The Labute approximate surface area is 108 Å². The van der Waals surface area contributed by atoms with Crippen LogP contribution in [0.15, 0.2) is 18.2 Å². The summed E-state index contributed by atoms with van der Waals surface area (Å²) in [5.41, 5.74) is 1.12. The number of carbonyl (C=O) groups is 1. The van der Waals surface area contributed by atoms with Crippen LogP contribution in [0.1, 0.15) is 49.0 Å². The summed E-state index contributed by atoms with van der Waals surface area (Å²) in [6.07, 6.45) is 3.28. The molecule has 0 bridgehead atoms. The lowest BCUT2D eigenvalue weighted by Crippen LogP contribution is -2.47. The van der Waals surface area contributed by atoms with E-state index in [1.54, 1.807) is 19.1 Å². The van der Waals surface area contributed by atoms with Crippen LogP contribution in [0.2, 0.25) is 0 Å². The fourth-order valence-corrected chi connectivity index (χ4v) is 2.75. The molecule has 1 aromatic carbocycles. The summed E-state index contributed by atoms with van der Waals surface area (Å²) in [5, 5.41) is 0. The summed E-state index contributed by atoms with van der Waals surface area (Å²) in [6.45, 7) is 5.86. The SMILES string of the molecule is Cc1cc(C(=O)N2C(C)CCCC2C)ccc1F. The minimum Gasteiger partial charge on any atom is -0.333 e.